The van der Waals surface area contributed by atoms with E-state index in [1.165, 1.54) is 19.2 Å². The number of aromatic nitrogens is 3. The second-order valence-electron chi connectivity index (χ2n) is 5.25. The molecule has 1 fully saturated rings. The van der Waals surface area contributed by atoms with Crippen LogP contribution in [-0.4, -0.2) is 51.8 Å². The molecule has 1 unspecified atom stereocenters. The highest BCUT2D eigenvalue weighted by molar-refractivity contribution is 5.78. The summed E-state index contributed by atoms with van der Waals surface area (Å²) < 4.78 is 1.74. The van der Waals surface area contributed by atoms with Gasteiger partial charge in [-0.25, -0.2) is 4.98 Å². The van der Waals surface area contributed by atoms with Crippen LogP contribution in [0.3, 0.4) is 0 Å². The van der Waals surface area contributed by atoms with E-state index in [0.717, 1.165) is 31.9 Å². The number of likely N-dealkylation sites (tertiary alicyclic amines) is 1. The van der Waals surface area contributed by atoms with Crippen LogP contribution in [0.5, 0.6) is 0 Å². The number of nitrogens with zero attached hydrogens (tertiary/aromatic N) is 4. The van der Waals surface area contributed by atoms with E-state index >= 15 is 0 Å². The fraction of sp³-hybridized carbons (Fsp3) is 0.769. The standard InChI is InChI=1S/C13H23N5O/c1-11(9-18-7-3-4-8-18)13(19)14-6-5-12-15-10-16-17(12)2/h10-11H,3-9H2,1-2H3,(H,14,19). The van der Waals surface area contributed by atoms with Crippen LogP contribution in [0.25, 0.3) is 0 Å². The smallest absolute Gasteiger partial charge is 0.224 e. The Labute approximate surface area is 114 Å². The Balaban J connectivity index is 1.67. The molecule has 1 aliphatic rings. The molecule has 0 aliphatic carbocycles. The minimum Gasteiger partial charge on any atom is -0.355 e. The number of aryl methyl sites for hydroxylation is 1. The zero-order valence-electron chi connectivity index (χ0n) is 11.8. The molecule has 0 radical (unpaired) electrons. The molecule has 2 heterocycles. The van der Waals surface area contributed by atoms with Crippen molar-refractivity contribution in [2.75, 3.05) is 26.2 Å². The Hall–Kier alpha value is -1.43. The number of carbonyl (C=O) groups is 1. The normalized spacial score (nSPS) is 17.6. The first kappa shape index (κ1) is 14.0. The van der Waals surface area contributed by atoms with Gasteiger partial charge in [0, 0.05) is 32.5 Å². The minimum absolute atomic E-state index is 0.0533. The van der Waals surface area contributed by atoms with Gasteiger partial charge >= 0.3 is 0 Å². The third kappa shape index (κ3) is 4.02. The molecule has 1 atom stereocenters. The van der Waals surface area contributed by atoms with Gasteiger partial charge in [-0.2, -0.15) is 5.10 Å². The van der Waals surface area contributed by atoms with Gasteiger partial charge in [-0.1, -0.05) is 6.92 Å². The van der Waals surface area contributed by atoms with Gasteiger partial charge in [0.2, 0.25) is 5.91 Å². The van der Waals surface area contributed by atoms with E-state index in [9.17, 15) is 4.79 Å². The van der Waals surface area contributed by atoms with Crippen LogP contribution < -0.4 is 5.32 Å². The average molecular weight is 265 g/mol. The van der Waals surface area contributed by atoms with Crippen molar-refractivity contribution in [2.24, 2.45) is 13.0 Å². The van der Waals surface area contributed by atoms with E-state index in [1.807, 2.05) is 14.0 Å². The molecule has 1 N–H and O–H groups in total. The maximum atomic E-state index is 12.0. The molecular weight excluding hydrogens is 242 g/mol. The first-order valence-corrected chi connectivity index (χ1v) is 7.00. The van der Waals surface area contributed by atoms with Crippen LogP contribution >= 0.6 is 0 Å². The number of hydrogen-bond donors (Lipinski definition) is 1. The summed E-state index contributed by atoms with van der Waals surface area (Å²) in [7, 11) is 1.86. The van der Waals surface area contributed by atoms with Crippen LogP contribution in [-0.2, 0) is 18.3 Å². The molecule has 1 amide bonds. The first-order valence-electron chi connectivity index (χ1n) is 7.00. The number of nitrogens with one attached hydrogen (secondary N) is 1. The topological polar surface area (TPSA) is 63.1 Å². The Morgan fingerprint density at radius 2 is 2.21 bits per heavy atom. The predicted octanol–water partition coefficient (Wildman–Crippen LogP) is 0.206. The van der Waals surface area contributed by atoms with Gasteiger partial charge in [0.1, 0.15) is 12.2 Å². The quantitative estimate of drug-likeness (QED) is 0.798. The third-order valence-electron chi connectivity index (χ3n) is 3.63. The summed E-state index contributed by atoms with van der Waals surface area (Å²) in [4.78, 5) is 18.5. The molecule has 106 valence electrons. The van der Waals surface area contributed by atoms with E-state index in [4.69, 9.17) is 0 Å². The summed E-state index contributed by atoms with van der Waals surface area (Å²) in [5, 5.41) is 6.98. The summed E-state index contributed by atoms with van der Waals surface area (Å²) in [6.07, 6.45) is 4.78. The Morgan fingerprint density at radius 1 is 1.47 bits per heavy atom. The molecule has 0 spiro atoms. The number of amides is 1. The van der Waals surface area contributed by atoms with Gasteiger partial charge in [-0.15, -0.1) is 0 Å². The van der Waals surface area contributed by atoms with Crippen LogP contribution in [0.1, 0.15) is 25.6 Å². The Morgan fingerprint density at radius 3 is 2.84 bits per heavy atom. The number of carbonyl (C=O) groups excluding carboxylic acids is 1. The molecule has 2 rings (SSSR count). The predicted molar refractivity (Wildman–Crippen MR) is 72.6 cm³/mol. The van der Waals surface area contributed by atoms with Crippen molar-refractivity contribution in [2.45, 2.75) is 26.2 Å². The van der Waals surface area contributed by atoms with Crippen molar-refractivity contribution in [3.63, 3.8) is 0 Å². The van der Waals surface area contributed by atoms with Crippen LogP contribution in [0.4, 0.5) is 0 Å². The maximum absolute atomic E-state index is 12.0. The van der Waals surface area contributed by atoms with E-state index in [2.05, 4.69) is 20.3 Å². The third-order valence-corrected chi connectivity index (χ3v) is 3.63. The minimum atomic E-state index is 0.0533. The highest BCUT2D eigenvalue weighted by atomic mass is 16.1. The van der Waals surface area contributed by atoms with Crippen molar-refractivity contribution >= 4 is 5.91 Å². The van der Waals surface area contributed by atoms with Crippen molar-refractivity contribution in [1.82, 2.24) is 25.0 Å². The molecule has 1 aromatic heterocycles. The lowest BCUT2D eigenvalue weighted by atomic mass is 10.1. The van der Waals surface area contributed by atoms with Gasteiger partial charge in [0.15, 0.2) is 0 Å². The van der Waals surface area contributed by atoms with Crippen molar-refractivity contribution in [3.8, 4) is 0 Å². The number of hydrogen-bond acceptors (Lipinski definition) is 4. The summed E-state index contributed by atoms with van der Waals surface area (Å²) in [6.45, 7) is 5.76. The molecule has 0 bridgehead atoms. The average Bonchev–Trinajstić information content (AvgIpc) is 3.02. The molecule has 0 saturated carbocycles. The summed E-state index contributed by atoms with van der Waals surface area (Å²) in [6, 6.07) is 0. The van der Waals surface area contributed by atoms with E-state index in [0.29, 0.717) is 6.54 Å². The lowest BCUT2D eigenvalue weighted by Gasteiger charge is -2.19. The van der Waals surface area contributed by atoms with Gasteiger partial charge in [-0.3, -0.25) is 9.48 Å². The van der Waals surface area contributed by atoms with Gasteiger partial charge in [0.05, 0.1) is 0 Å². The van der Waals surface area contributed by atoms with E-state index < -0.39 is 0 Å². The fourth-order valence-corrected chi connectivity index (χ4v) is 2.45. The van der Waals surface area contributed by atoms with Gasteiger partial charge in [0.25, 0.3) is 0 Å². The van der Waals surface area contributed by atoms with Crippen LogP contribution in [0.15, 0.2) is 6.33 Å². The molecular formula is C13H23N5O. The second-order valence-corrected chi connectivity index (χ2v) is 5.25. The summed E-state index contributed by atoms with van der Waals surface area (Å²) in [5.41, 5.74) is 0. The van der Waals surface area contributed by atoms with Crippen LogP contribution in [0.2, 0.25) is 0 Å². The van der Waals surface area contributed by atoms with Crippen molar-refractivity contribution in [3.05, 3.63) is 12.2 Å². The Bertz CT molecular complexity index is 411. The molecule has 1 aliphatic heterocycles. The van der Waals surface area contributed by atoms with Crippen LogP contribution in [0, 0.1) is 5.92 Å². The molecule has 0 aromatic carbocycles. The van der Waals surface area contributed by atoms with E-state index in [-0.39, 0.29) is 11.8 Å². The van der Waals surface area contributed by atoms with Gasteiger partial charge in [-0.05, 0) is 25.9 Å². The first-order chi connectivity index (χ1) is 9.16. The highest BCUT2D eigenvalue weighted by Gasteiger charge is 2.19. The molecule has 6 heteroatoms. The lowest BCUT2D eigenvalue weighted by molar-refractivity contribution is -0.124. The zero-order chi connectivity index (χ0) is 13.7. The monoisotopic (exact) mass is 265 g/mol. The molecule has 6 nitrogen and oxygen atoms in total. The second kappa shape index (κ2) is 6.65. The fourth-order valence-electron chi connectivity index (χ4n) is 2.45. The molecule has 1 saturated heterocycles. The largest absolute Gasteiger partial charge is 0.355 e. The SMILES string of the molecule is CC(CN1CCCC1)C(=O)NCCc1ncnn1C. The molecule has 1 aromatic rings. The Kier molecular flexibility index (Phi) is 4.90. The summed E-state index contributed by atoms with van der Waals surface area (Å²) >= 11 is 0. The van der Waals surface area contributed by atoms with Crippen molar-refractivity contribution < 1.29 is 4.79 Å². The zero-order valence-corrected chi connectivity index (χ0v) is 11.8. The lowest BCUT2D eigenvalue weighted by Crippen LogP contribution is -2.37. The van der Waals surface area contributed by atoms with Gasteiger partial charge < -0.3 is 10.2 Å². The number of rotatable bonds is 6. The highest BCUT2D eigenvalue weighted by Crippen LogP contribution is 2.10. The summed E-state index contributed by atoms with van der Waals surface area (Å²) in [5.74, 6) is 1.08. The maximum Gasteiger partial charge on any atom is 0.224 e. The van der Waals surface area contributed by atoms with E-state index in [1.54, 1.807) is 4.68 Å². The van der Waals surface area contributed by atoms with Crippen molar-refractivity contribution in [1.29, 1.82) is 0 Å². The molecule has 19 heavy (non-hydrogen) atoms.